The highest BCUT2D eigenvalue weighted by molar-refractivity contribution is 5.16. The molecule has 2 atom stereocenters. The number of rotatable bonds is 2. The highest BCUT2D eigenvalue weighted by Crippen LogP contribution is 2.55. The number of aliphatic hydroxyl groups is 1. The molecule has 1 aliphatic carbocycles. The quantitative estimate of drug-likeness (QED) is 0.570. The SMILES string of the molecule is CC[C@]1(C)C[C@]1(N)CO. The van der Waals surface area contributed by atoms with E-state index in [4.69, 9.17) is 10.8 Å². The topological polar surface area (TPSA) is 46.2 Å². The van der Waals surface area contributed by atoms with Gasteiger partial charge in [-0.2, -0.15) is 0 Å². The Bertz CT molecular complexity index is 112. The Morgan fingerprint density at radius 1 is 1.67 bits per heavy atom. The molecule has 0 aliphatic heterocycles. The Balaban J connectivity index is 2.54. The summed E-state index contributed by atoms with van der Waals surface area (Å²) in [7, 11) is 0. The second kappa shape index (κ2) is 1.70. The molecule has 2 heteroatoms. The third-order valence-corrected chi connectivity index (χ3v) is 2.85. The number of hydrogen-bond acceptors (Lipinski definition) is 2. The van der Waals surface area contributed by atoms with Crippen molar-refractivity contribution in [3.63, 3.8) is 0 Å². The lowest BCUT2D eigenvalue weighted by Crippen LogP contribution is -2.33. The first-order valence-electron chi connectivity index (χ1n) is 3.48. The van der Waals surface area contributed by atoms with E-state index in [2.05, 4.69) is 13.8 Å². The molecule has 1 saturated carbocycles. The van der Waals surface area contributed by atoms with Crippen LogP contribution in [0.4, 0.5) is 0 Å². The summed E-state index contributed by atoms with van der Waals surface area (Å²) in [5.41, 5.74) is 5.76. The molecule has 54 valence electrons. The van der Waals surface area contributed by atoms with Gasteiger partial charge in [0.15, 0.2) is 0 Å². The third kappa shape index (κ3) is 0.775. The minimum Gasteiger partial charge on any atom is -0.394 e. The summed E-state index contributed by atoms with van der Waals surface area (Å²) in [6.45, 7) is 4.38. The number of nitrogens with two attached hydrogens (primary N) is 1. The molecular formula is C7H15NO. The standard InChI is InChI=1S/C7H15NO/c1-3-6(2)4-7(6,8)5-9/h9H,3-5,8H2,1-2H3/t6-,7+/m1/s1. The van der Waals surface area contributed by atoms with Crippen molar-refractivity contribution in [2.45, 2.75) is 32.2 Å². The molecule has 0 amide bonds. The maximum absolute atomic E-state index is 8.81. The molecule has 0 spiro atoms. The zero-order valence-electron chi connectivity index (χ0n) is 6.15. The fourth-order valence-electron chi connectivity index (χ4n) is 1.38. The van der Waals surface area contributed by atoms with Gasteiger partial charge in [0, 0.05) is 5.54 Å². The zero-order valence-corrected chi connectivity index (χ0v) is 6.15. The van der Waals surface area contributed by atoms with Crippen molar-refractivity contribution in [3.8, 4) is 0 Å². The minimum absolute atomic E-state index is 0.136. The van der Waals surface area contributed by atoms with Crippen molar-refractivity contribution in [2.24, 2.45) is 11.1 Å². The van der Waals surface area contributed by atoms with Crippen LogP contribution in [0.1, 0.15) is 26.7 Å². The molecule has 9 heavy (non-hydrogen) atoms. The van der Waals surface area contributed by atoms with E-state index in [1.807, 2.05) is 0 Å². The molecule has 0 aromatic carbocycles. The van der Waals surface area contributed by atoms with E-state index in [1.54, 1.807) is 0 Å². The van der Waals surface area contributed by atoms with Crippen LogP contribution in [0.2, 0.25) is 0 Å². The predicted molar refractivity (Wildman–Crippen MR) is 37.0 cm³/mol. The van der Waals surface area contributed by atoms with Crippen molar-refractivity contribution in [1.82, 2.24) is 0 Å². The maximum atomic E-state index is 8.81. The van der Waals surface area contributed by atoms with Crippen molar-refractivity contribution in [2.75, 3.05) is 6.61 Å². The molecule has 3 N–H and O–H groups in total. The van der Waals surface area contributed by atoms with E-state index in [1.165, 1.54) is 0 Å². The van der Waals surface area contributed by atoms with E-state index < -0.39 is 0 Å². The van der Waals surface area contributed by atoms with Crippen LogP contribution in [0.3, 0.4) is 0 Å². The monoisotopic (exact) mass is 129 g/mol. The van der Waals surface area contributed by atoms with E-state index in [9.17, 15) is 0 Å². The van der Waals surface area contributed by atoms with Gasteiger partial charge in [-0.25, -0.2) is 0 Å². The first kappa shape index (κ1) is 7.03. The highest BCUT2D eigenvalue weighted by atomic mass is 16.3. The van der Waals surface area contributed by atoms with Crippen LogP contribution in [0.15, 0.2) is 0 Å². The lowest BCUT2D eigenvalue weighted by Gasteiger charge is -2.13. The van der Waals surface area contributed by atoms with Gasteiger partial charge in [0.1, 0.15) is 0 Å². The zero-order chi connectivity index (χ0) is 7.12. The molecule has 0 aromatic heterocycles. The summed E-state index contributed by atoms with van der Waals surface area (Å²) in [4.78, 5) is 0. The Labute approximate surface area is 56.1 Å². The Hall–Kier alpha value is -0.0800. The Morgan fingerprint density at radius 3 is 2.33 bits per heavy atom. The average Bonchev–Trinajstić information content (AvgIpc) is 2.39. The Kier molecular flexibility index (Phi) is 1.33. The summed E-state index contributed by atoms with van der Waals surface area (Å²) in [5.74, 6) is 0. The first-order valence-corrected chi connectivity index (χ1v) is 3.48. The normalized spacial score (nSPS) is 49.3. The second-order valence-electron chi connectivity index (χ2n) is 3.41. The van der Waals surface area contributed by atoms with Crippen LogP contribution in [0, 0.1) is 5.41 Å². The fourth-order valence-corrected chi connectivity index (χ4v) is 1.38. The lowest BCUT2D eigenvalue weighted by atomic mass is 10.0. The van der Waals surface area contributed by atoms with Crippen molar-refractivity contribution in [1.29, 1.82) is 0 Å². The maximum Gasteiger partial charge on any atom is 0.0616 e. The molecule has 1 fully saturated rings. The van der Waals surface area contributed by atoms with Crippen molar-refractivity contribution in [3.05, 3.63) is 0 Å². The summed E-state index contributed by atoms with van der Waals surface area (Å²) in [6, 6.07) is 0. The Morgan fingerprint density at radius 2 is 2.22 bits per heavy atom. The van der Waals surface area contributed by atoms with Crippen LogP contribution in [0.25, 0.3) is 0 Å². The van der Waals surface area contributed by atoms with Crippen LogP contribution >= 0.6 is 0 Å². The molecule has 0 saturated heterocycles. The van der Waals surface area contributed by atoms with Crippen LogP contribution < -0.4 is 5.73 Å². The summed E-state index contributed by atoms with van der Waals surface area (Å²) in [5, 5.41) is 8.81. The number of aliphatic hydroxyl groups excluding tert-OH is 1. The lowest BCUT2D eigenvalue weighted by molar-refractivity contribution is 0.227. The van der Waals surface area contributed by atoms with Crippen LogP contribution in [0.5, 0.6) is 0 Å². The molecule has 0 heterocycles. The van der Waals surface area contributed by atoms with Crippen LogP contribution in [-0.2, 0) is 0 Å². The first-order chi connectivity index (χ1) is 4.08. The van der Waals surface area contributed by atoms with Gasteiger partial charge >= 0.3 is 0 Å². The van der Waals surface area contributed by atoms with Gasteiger partial charge in [-0.3, -0.25) is 0 Å². The van der Waals surface area contributed by atoms with Crippen molar-refractivity contribution >= 4 is 0 Å². The molecule has 1 aliphatic rings. The smallest absolute Gasteiger partial charge is 0.0616 e. The number of hydrogen-bond donors (Lipinski definition) is 2. The van der Waals surface area contributed by atoms with Crippen molar-refractivity contribution < 1.29 is 5.11 Å². The molecule has 0 bridgehead atoms. The van der Waals surface area contributed by atoms with E-state index in [0.29, 0.717) is 0 Å². The molecular weight excluding hydrogens is 114 g/mol. The van der Waals surface area contributed by atoms with E-state index in [0.717, 1.165) is 12.8 Å². The summed E-state index contributed by atoms with van der Waals surface area (Å²) in [6.07, 6.45) is 2.05. The minimum atomic E-state index is -0.248. The predicted octanol–water partition coefficient (Wildman–Crippen LogP) is 0.496. The van der Waals surface area contributed by atoms with Gasteiger partial charge in [-0.1, -0.05) is 13.8 Å². The highest BCUT2D eigenvalue weighted by Gasteiger charge is 2.59. The van der Waals surface area contributed by atoms with Gasteiger partial charge in [-0.05, 0) is 18.3 Å². The summed E-state index contributed by atoms with van der Waals surface area (Å²) >= 11 is 0. The summed E-state index contributed by atoms with van der Waals surface area (Å²) < 4.78 is 0. The second-order valence-corrected chi connectivity index (χ2v) is 3.41. The average molecular weight is 129 g/mol. The van der Waals surface area contributed by atoms with Gasteiger partial charge < -0.3 is 10.8 Å². The third-order valence-electron chi connectivity index (χ3n) is 2.85. The van der Waals surface area contributed by atoms with Gasteiger partial charge in [0.25, 0.3) is 0 Å². The molecule has 1 rings (SSSR count). The van der Waals surface area contributed by atoms with Gasteiger partial charge in [-0.15, -0.1) is 0 Å². The van der Waals surface area contributed by atoms with E-state index in [-0.39, 0.29) is 17.6 Å². The molecule has 2 nitrogen and oxygen atoms in total. The molecule has 0 radical (unpaired) electrons. The molecule has 0 unspecified atom stereocenters. The van der Waals surface area contributed by atoms with Gasteiger partial charge in [0.2, 0.25) is 0 Å². The largest absolute Gasteiger partial charge is 0.394 e. The fraction of sp³-hybridized carbons (Fsp3) is 1.00. The van der Waals surface area contributed by atoms with Crippen LogP contribution in [-0.4, -0.2) is 17.3 Å². The van der Waals surface area contributed by atoms with Gasteiger partial charge in [0.05, 0.1) is 6.61 Å². The molecule has 0 aromatic rings. The van der Waals surface area contributed by atoms with E-state index >= 15 is 0 Å².